The third-order valence-corrected chi connectivity index (χ3v) is 2.29. The molecule has 0 aliphatic carbocycles. The Morgan fingerprint density at radius 2 is 2.47 bits per heavy atom. The number of rotatable bonds is 4. The Morgan fingerprint density at radius 3 is 3.07 bits per heavy atom. The maximum Gasteiger partial charge on any atom is 0.156 e. The van der Waals surface area contributed by atoms with Gasteiger partial charge in [0, 0.05) is 18.9 Å². The van der Waals surface area contributed by atoms with Crippen LogP contribution < -0.4 is 11.1 Å². The predicted octanol–water partition coefficient (Wildman–Crippen LogP) is 0.615. The number of nitrogens with zero attached hydrogens (tertiary/aromatic N) is 2. The van der Waals surface area contributed by atoms with E-state index < -0.39 is 0 Å². The first-order valence-corrected chi connectivity index (χ1v) is 4.75. The van der Waals surface area contributed by atoms with Gasteiger partial charge in [-0.15, -0.1) is 0 Å². The first-order valence-electron chi connectivity index (χ1n) is 4.75. The van der Waals surface area contributed by atoms with E-state index in [0.29, 0.717) is 6.54 Å². The third-order valence-electron chi connectivity index (χ3n) is 2.29. The van der Waals surface area contributed by atoms with Crippen molar-refractivity contribution < 1.29 is 5.21 Å². The van der Waals surface area contributed by atoms with Crippen molar-refractivity contribution in [1.29, 1.82) is 0 Å². The number of hydrogen-bond donors (Lipinski definition) is 3. The van der Waals surface area contributed by atoms with Gasteiger partial charge in [0.15, 0.2) is 5.84 Å². The van der Waals surface area contributed by atoms with E-state index in [0.717, 1.165) is 11.1 Å². The number of oxime groups is 1. The average molecular weight is 208 g/mol. The van der Waals surface area contributed by atoms with E-state index in [2.05, 4.69) is 15.5 Å². The first kappa shape index (κ1) is 11.5. The number of amidine groups is 1. The summed E-state index contributed by atoms with van der Waals surface area (Å²) >= 11 is 0. The molecule has 0 spiro atoms. The molecule has 0 aromatic carbocycles. The number of nitrogens with two attached hydrogens (primary N) is 1. The molecule has 1 unspecified atom stereocenters. The molecule has 1 rings (SSSR count). The van der Waals surface area contributed by atoms with E-state index in [-0.39, 0.29) is 11.9 Å². The minimum atomic E-state index is -0.150. The standard InChI is InChI=1S/C10H16N4O/c1-7-5-12-4-3-9(7)6-13-8(2)10(11)14-15/h3-5,8,13,15H,6H2,1-2H3,(H2,11,14). The molecule has 4 N–H and O–H groups in total. The molecule has 5 nitrogen and oxygen atoms in total. The van der Waals surface area contributed by atoms with E-state index in [4.69, 9.17) is 10.9 Å². The van der Waals surface area contributed by atoms with Crippen LogP contribution in [-0.4, -0.2) is 22.1 Å². The van der Waals surface area contributed by atoms with Gasteiger partial charge in [0.25, 0.3) is 0 Å². The van der Waals surface area contributed by atoms with Gasteiger partial charge >= 0.3 is 0 Å². The maximum absolute atomic E-state index is 8.47. The van der Waals surface area contributed by atoms with Crippen molar-refractivity contribution in [2.24, 2.45) is 10.9 Å². The molecule has 1 aromatic heterocycles. The van der Waals surface area contributed by atoms with Crippen LogP contribution in [0.4, 0.5) is 0 Å². The highest BCUT2D eigenvalue weighted by Crippen LogP contribution is 2.04. The Kier molecular flexibility index (Phi) is 4.05. The molecule has 0 saturated heterocycles. The van der Waals surface area contributed by atoms with Gasteiger partial charge < -0.3 is 16.3 Å². The first-order chi connectivity index (χ1) is 7.15. The van der Waals surface area contributed by atoms with Crippen molar-refractivity contribution >= 4 is 5.84 Å². The maximum atomic E-state index is 8.47. The minimum Gasteiger partial charge on any atom is -0.409 e. The monoisotopic (exact) mass is 208 g/mol. The van der Waals surface area contributed by atoms with Crippen LogP contribution in [0.2, 0.25) is 0 Å². The van der Waals surface area contributed by atoms with Crippen LogP contribution in [0.5, 0.6) is 0 Å². The van der Waals surface area contributed by atoms with Crippen LogP contribution in [0.1, 0.15) is 18.1 Å². The highest BCUT2D eigenvalue weighted by atomic mass is 16.4. The molecule has 0 bridgehead atoms. The lowest BCUT2D eigenvalue weighted by Crippen LogP contribution is -2.38. The van der Waals surface area contributed by atoms with Crippen molar-refractivity contribution in [1.82, 2.24) is 10.3 Å². The van der Waals surface area contributed by atoms with Crippen LogP contribution >= 0.6 is 0 Å². The number of aromatic nitrogens is 1. The Hall–Kier alpha value is -1.62. The van der Waals surface area contributed by atoms with E-state index >= 15 is 0 Å². The lowest BCUT2D eigenvalue weighted by Gasteiger charge is -2.12. The molecule has 0 fully saturated rings. The summed E-state index contributed by atoms with van der Waals surface area (Å²) in [6.07, 6.45) is 3.56. The zero-order valence-electron chi connectivity index (χ0n) is 8.94. The van der Waals surface area contributed by atoms with Crippen LogP contribution in [0, 0.1) is 6.92 Å². The summed E-state index contributed by atoms with van der Waals surface area (Å²) in [7, 11) is 0. The molecular weight excluding hydrogens is 192 g/mol. The van der Waals surface area contributed by atoms with Crippen molar-refractivity contribution in [2.45, 2.75) is 26.4 Å². The van der Waals surface area contributed by atoms with Crippen LogP contribution in [0.25, 0.3) is 0 Å². The summed E-state index contributed by atoms with van der Waals surface area (Å²) in [6, 6.07) is 1.80. The van der Waals surface area contributed by atoms with Gasteiger partial charge in [-0.05, 0) is 31.0 Å². The Balaban J connectivity index is 2.54. The Morgan fingerprint density at radius 1 is 1.73 bits per heavy atom. The van der Waals surface area contributed by atoms with E-state index in [1.54, 1.807) is 6.20 Å². The van der Waals surface area contributed by atoms with Gasteiger partial charge in [-0.3, -0.25) is 4.98 Å². The third kappa shape index (κ3) is 3.21. The van der Waals surface area contributed by atoms with Gasteiger partial charge in [0.1, 0.15) is 0 Å². The lowest BCUT2D eigenvalue weighted by molar-refractivity contribution is 0.315. The van der Waals surface area contributed by atoms with Crippen LogP contribution in [0.3, 0.4) is 0 Å². The fourth-order valence-corrected chi connectivity index (χ4v) is 1.15. The largest absolute Gasteiger partial charge is 0.409 e. The normalized spacial score (nSPS) is 13.9. The molecule has 0 radical (unpaired) electrons. The molecule has 0 amide bonds. The second-order valence-corrected chi connectivity index (χ2v) is 3.43. The summed E-state index contributed by atoms with van der Waals surface area (Å²) in [4.78, 5) is 4.01. The predicted molar refractivity (Wildman–Crippen MR) is 58.7 cm³/mol. The second kappa shape index (κ2) is 5.31. The summed E-state index contributed by atoms with van der Waals surface area (Å²) in [5.41, 5.74) is 7.72. The number of nitrogens with one attached hydrogen (secondary N) is 1. The molecule has 15 heavy (non-hydrogen) atoms. The van der Waals surface area contributed by atoms with Crippen molar-refractivity contribution in [3.63, 3.8) is 0 Å². The van der Waals surface area contributed by atoms with Gasteiger partial charge in [-0.25, -0.2) is 0 Å². The van der Waals surface area contributed by atoms with E-state index in [1.165, 1.54) is 0 Å². The molecule has 1 atom stereocenters. The zero-order chi connectivity index (χ0) is 11.3. The van der Waals surface area contributed by atoms with Gasteiger partial charge in [-0.1, -0.05) is 5.16 Å². The molecular formula is C10H16N4O. The number of pyridine rings is 1. The average Bonchev–Trinajstić information content (AvgIpc) is 2.26. The van der Waals surface area contributed by atoms with Gasteiger partial charge in [-0.2, -0.15) is 0 Å². The number of hydrogen-bond acceptors (Lipinski definition) is 4. The van der Waals surface area contributed by atoms with Crippen molar-refractivity contribution in [2.75, 3.05) is 0 Å². The van der Waals surface area contributed by atoms with Crippen LogP contribution in [-0.2, 0) is 6.54 Å². The molecule has 1 heterocycles. The minimum absolute atomic E-state index is 0.150. The highest BCUT2D eigenvalue weighted by Gasteiger charge is 2.06. The molecule has 82 valence electrons. The zero-order valence-corrected chi connectivity index (χ0v) is 8.94. The Bertz CT molecular complexity index is 351. The number of aryl methyl sites for hydroxylation is 1. The van der Waals surface area contributed by atoms with E-state index in [9.17, 15) is 0 Å². The fourth-order valence-electron chi connectivity index (χ4n) is 1.15. The van der Waals surface area contributed by atoms with Gasteiger partial charge in [0.05, 0.1) is 6.04 Å². The fraction of sp³-hybridized carbons (Fsp3) is 0.400. The summed E-state index contributed by atoms with van der Waals surface area (Å²) in [5, 5.41) is 14.6. The second-order valence-electron chi connectivity index (χ2n) is 3.43. The van der Waals surface area contributed by atoms with Crippen molar-refractivity contribution in [3.8, 4) is 0 Å². The SMILES string of the molecule is Cc1cnccc1CNC(C)/C(N)=N/O. The molecule has 0 saturated carbocycles. The lowest BCUT2D eigenvalue weighted by atomic mass is 10.1. The smallest absolute Gasteiger partial charge is 0.156 e. The molecule has 0 aliphatic rings. The van der Waals surface area contributed by atoms with Crippen molar-refractivity contribution in [3.05, 3.63) is 29.6 Å². The summed E-state index contributed by atoms with van der Waals surface area (Å²) in [6.45, 7) is 4.51. The molecule has 0 aliphatic heterocycles. The topological polar surface area (TPSA) is 83.5 Å². The quantitative estimate of drug-likeness (QED) is 0.293. The highest BCUT2D eigenvalue weighted by molar-refractivity contribution is 5.84. The van der Waals surface area contributed by atoms with Gasteiger partial charge in [0.2, 0.25) is 0 Å². The summed E-state index contributed by atoms with van der Waals surface area (Å²) < 4.78 is 0. The molecule has 5 heteroatoms. The summed E-state index contributed by atoms with van der Waals surface area (Å²) in [5.74, 6) is 0.182. The Labute approximate surface area is 89.0 Å². The molecule has 1 aromatic rings. The van der Waals surface area contributed by atoms with Crippen LogP contribution in [0.15, 0.2) is 23.6 Å². The van der Waals surface area contributed by atoms with E-state index in [1.807, 2.05) is 26.1 Å².